The summed E-state index contributed by atoms with van der Waals surface area (Å²) in [5.74, 6) is 1.19. The van der Waals surface area contributed by atoms with Crippen LogP contribution in [0.3, 0.4) is 0 Å². The molecule has 7 nitrogen and oxygen atoms in total. The quantitative estimate of drug-likeness (QED) is 0.835. The Morgan fingerprint density at radius 2 is 2.05 bits per heavy atom. The molecule has 1 saturated heterocycles. The topological polar surface area (TPSA) is 87.0 Å². The molecular weight excluding hydrogens is 242 g/mol. The highest BCUT2D eigenvalue weighted by Gasteiger charge is 2.20. The monoisotopic (exact) mass is 261 g/mol. The van der Waals surface area contributed by atoms with Crippen LogP contribution in [0.5, 0.6) is 0 Å². The Morgan fingerprint density at radius 3 is 2.79 bits per heavy atom. The van der Waals surface area contributed by atoms with Crippen molar-refractivity contribution in [2.75, 3.05) is 43.4 Å². The fourth-order valence-electron chi connectivity index (χ4n) is 2.58. The molecule has 0 aliphatic carbocycles. The summed E-state index contributed by atoms with van der Waals surface area (Å²) >= 11 is 0. The van der Waals surface area contributed by atoms with Gasteiger partial charge in [-0.1, -0.05) is 6.92 Å². The molecular formula is C12H19N7. The Labute approximate surface area is 111 Å². The molecule has 3 N–H and O–H groups in total. The molecule has 0 atom stereocenters. The minimum atomic E-state index is 0.294. The molecule has 102 valence electrons. The summed E-state index contributed by atoms with van der Waals surface area (Å²) in [6.07, 6.45) is 2.97. The van der Waals surface area contributed by atoms with Crippen molar-refractivity contribution < 1.29 is 0 Å². The van der Waals surface area contributed by atoms with Gasteiger partial charge in [0.2, 0.25) is 5.95 Å². The predicted octanol–water partition coefficient (Wildman–Crippen LogP) is 0.467. The fourth-order valence-corrected chi connectivity index (χ4v) is 2.58. The maximum absolute atomic E-state index is 5.76. The van der Waals surface area contributed by atoms with E-state index in [0.717, 1.165) is 37.4 Å². The summed E-state index contributed by atoms with van der Waals surface area (Å²) < 4.78 is 0. The molecule has 1 aliphatic heterocycles. The number of rotatable bonds is 3. The van der Waals surface area contributed by atoms with Gasteiger partial charge in [0, 0.05) is 26.2 Å². The van der Waals surface area contributed by atoms with Crippen LogP contribution in [0.15, 0.2) is 6.20 Å². The molecule has 19 heavy (non-hydrogen) atoms. The second kappa shape index (κ2) is 5.00. The number of nitrogen functional groups attached to an aromatic ring is 1. The molecule has 0 unspecified atom stereocenters. The zero-order valence-electron chi connectivity index (χ0n) is 11.1. The average Bonchev–Trinajstić information content (AvgIpc) is 2.87. The van der Waals surface area contributed by atoms with Gasteiger partial charge < -0.3 is 10.6 Å². The van der Waals surface area contributed by atoms with E-state index in [2.05, 4.69) is 36.9 Å². The van der Waals surface area contributed by atoms with Crippen LogP contribution in [-0.4, -0.2) is 57.8 Å². The fraction of sp³-hybridized carbons (Fsp3) is 0.583. The second-order valence-corrected chi connectivity index (χ2v) is 4.87. The van der Waals surface area contributed by atoms with Gasteiger partial charge in [-0.05, 0) is 13.0 Å². The minimum absolute atomic E-state index is 0.294. The molecule has 0 saturated carbocycles. The summed E-state index contributed by atoms with van der Waals surface area (Å²) in [4.78, 5) is 13.3. The van der Waals surface area contributed by atoms with Gasteiger partial charge in [-0.15, -0.1) is 0 Å². The van der Waals surface area contributed by atoms with E-state index in [1.54, 1.807) is 6.20 Å². The highest BCUT2D eigenvalue weighted by molar-refractivity contribution is 5.87. The van der Waals surface area contributed by atoms with E-state index in [1.807, 2.05) is 0 Å². The number of nitrogens with two attached hydrogens (primary N) is 1. The first-order chi connectivity index (χ1) is 9.28. The maximum Gasteiger partial charge on any atom is 0.224 e. The third kappa shape index (κ3) is 2.33. The molecule has 7 heteroatoms. The molecule has 3 rings (SSSR count). The number of piperazine rings is 1. The number of aromatic nitrogens is 4. The number of nitrogens with zero attached hydrogens (tertiary/aromatic N) is 5. The van der Waals surface area contributed by atoms with Crippen molar-refractivity contribution in [1.29, 1.82) is 0 Å². The predicted molar refractivity (Wildman–Crippen MR) is 75.0 cm³/mol. The third-order valence-electron chi connectivity index (χ3n) is 3.52. The first-order valence-electron chi connectivity index (χ1n) is 6.72. The van der Waals surface area contributed by atoms with Gasteiger partial charge in [-0.2, -0.15) is 15.1 Å². The lowest BCUT2D eigenvalue weighted by Gasteiger charge is -2.35. The smallest absolute Gasteiger partial charge is 0.224 e. The van der Waals surface area contributed by atoms with Gasteiger partial charge in [0.1, 0.15) is 5.82 Å². The number of anilines is 2. The number of nitrogens with one attached hydrogen (secondary N) is 1. The average molecular weight is 261 g/mol. The van der Waals surface area contributed by atoms with Crippen LogP contribution in [-0.2, 0) is 0 Å². The Morgan fingerprint density at radius 1 is 1.26 bits per heavy atom. The Kier molecular flexibility index (Phi) is 3.20. The van der Waals surface area contributed by atoms with Crippen LogP contribution in [0.2, 0.25) is 0 Å². The lowest BCUT2D eigenvalue weighted by Crippen LogP contribution is -2.46. The minimum Gasteiger partial charge on any atom is -0.368 e. The summed E-state index contributed by atoms with van der Waals surface area (Å²) in [5, 5.41) is 7.82. The molecule has 0 aromatic carbocycles. The number of hydrogen-bond acceptors (Lipinski definition) is 6. The van der Waals surface area contributed by atoms with Crippen molar-refractivity contribution in [1.82, 2.24) is 25.1 Å². The van der Waals surface area contributed by atoms with Crippen LogP contribution in [0.1, 0.15) is 13.3 Å². The third-order valence-corrected chi connectivity index (χ3v) is 3.52. The molecule has 0 amide bonds. The van der Waals surface area contributed by atoms with E-state index < -0.39 is 0 Å². The zero-order chi connectivity index (χ0) is 13.2. The molecule has 1 aliphatic rings. The summed E-state index contributed by atoms with van der Waals surface area (Å²) in [6.45, 7) is 7.45. The van der Waals surface area contributed by atoms with Gasteiger partial charge in [0.15, 0.2) is 5.65 Å². The van der Waals surface area contributed by atoms with E-state index in [9.17, 15) is 0 Å². The van der Waals surface area contributed by atoms with Gasteiger partial charge >= 0.3 is 0 Å². The van der Waals surface area contributed by atoms with Crippen molar-refractivity contribution in [2.24, 2.45) is 0 Å². The Hall–Kier alpha value is -1.89. The molecule has 2 aromatic heterocycles. The van der Waals surface area contributed by atoms with Crippen LogP contribution < -0.4 is 10.6 Å². The van der Waals surface area contributed by atoms with Crippen molar-refractivity contribution >= 4 is 22.8 Å². The molecule has 0 spiro atoms. The Bertz CT molecular complexity index is 556. The Balaban J connectivity index is 1.83. The largest absolute Gasteiger partial charge is 0.368 e. The van der Waals surface area contributed by atoms with E-state index in [-0.39, 0.29) is 0 Å². The van der Waals surface area contributed by atoms with Gasteiger partial charge in [-0.25, -0.2) is 0 Å². The lowest BCUT2D eigenvalue weighted by molar-refractivity contribution is 0.258. The van der Waals surface area contributed by atoms with Crippen LogP contribution in [0.25, 0.3) is 11.0 Å². The molecule has 0 bridgehead atoms. The molecule has 0 radical (unpaired) electrons. The van der Waals surface area contributed by atoms with Crippen molar-refractivity contribution in [3.8, 4) is 0 Å². The van der Waals surface area contributed by atoms with Gasteiger partial charge in [0.25, 0.3) is 0 Å². The highest BCUT2D eigenvalue weighted by atomic mass is 15.3. The molecule has 3 heterocycles. The SMILES string of the molecule is CCCN1CCN(c2nc(N)nc3[nH]ncc23)CC1. The van der Waals surface area contributed by atoms with Crippen molar-refractivity contribution in [3.63, 3.8) is 0 Å². The van der Waals surface area contributed by atoms with Gasteiger partial charge in [0.05, 0.1) is 11.6 Å². The zero-order valence-corrected chi connectivity index (χ0v) is 11.1. The summed E-state index contributed by atoms with van der Waals surface area (Å²) in [5.41, 5.74) is 6.47. The number of fused-ring (bicyclic) bond motifs is 1. The van der Waals surface area contributed by atoms with E-state index in [0.29, 0.717) is 11.6 Å². The van der Waals surface area contributed by atoms with E-state index >= 15 is 0 Å². The number of aromatic amines is 1. The highest BCUT2D eigenvalue weighted by Crippen LogP contribution is 2.23. The van der Waals surface area contributed by atoms with Crippen molar-refractivity contribution in [2.45, 2.75) is 13.3 Å². The molecule has 2 aromatic rings. The van der Waals surface area contributed by atoms with E-state index in [4.69, 9.17) is 5.73 Å². The number of hydrogen-bond donors (Lipinski definition) is 2. The first kappa shape index (κ1) is 12.2. The lowest BCUT2D eigenvalue weighted by atomic mass is 10.2. The normalized spacial score (nSPS) is 17.2. The summed E-state index contributed by atoms with van der Waals surface area (Å²) in [6, 6.07) is 0. The first-order valence-corrected chi connectivity index (χ1v) is 6.72. The van der Waals surface area contributed by atoms with Crippen LogP contribution in [0, 0.1) is 0 Å². The van der Waals surface area contributed by atoms with E-state index in [1.165, 1.54) is 13.0 Å². The standard InChI is InChI=1S/C12H19N7/c1-2-3-18-4-6-19(7-5-18)11-9-8-14-17-10(9)15-12(13)16-11/h8H,2-7H2,1H3,(H3,13,14,15,16,17). The van der Waals surface area contributed by atoms with Gasteiger partial charge in [-0.3, -0.25) is 10.00 Å². The maximum atomic E-state index is 5.76. The van der Waals surface area contributed by atoms with Crippen molar-refractivity contribution in [3.05, 3.63) is 6.20 Å². The second-order valence-electron chi connectivity index (χ2n) is 4.87. The summed E-state index contributed by atoms with van der Waals surface area (Å²) in [7, 11) is 0. The van der Waals surface area contributed by atoms with Crippen LogP contribution >= 0.6 is 0 Å². The molecule has 1 fully saturated rings. The number of H-pyrrole nitrogens is 1. The van der Waals surface area contributed by atoms with Crippen LogP contribution in [0.4, 0.5) is 11.8 Å².